The molecule has 4 rings (SSSR count). The number of carbonyl (C=O) groups excluding carboxylic acids is 3. The van der Waals surface area contributed by atoms with Crippen molar-refractivity contribution in [2.75, 3.05) is 19.0 Å². The Morgan fingerprint density at radius 1 is 1.06 bits per heavy atom. The summed E-state index contributed by atoms with van der Waals surface area (Å²) in [4.78, 5) is 39.6. The van der Waals surface area contributed by atoms with Gasteiger partial charge < -0.3 is 20.3 Å². The smallest absolute Gasteiger partial charge is 0.338 e. The van der Waals surface area contributed by atoms with Crippen LogP contribution in [0.5, 0.6) is 0 Å². The Morgan fingerprint density at radius 2 is 1.79 bits per heavy atom. The minimum absolute atomic E-state index is 0.223. The lowest BCUT2D eigenvalue weighted by Gasteiger charge is -2.33. The maximum absolute atomic E-state index is 13.0. The lowest BCUT2D eigenvalue weighted by Crippen LogP contribution is -2.46. The molecule has 0 saturated carbocycles. The number of hydrogen-bond acceptors (Lipinski definition) is 4. The highest BCUT2D eigenvalue weighted by atomic mass is 16.5. The van der Waals surface area contributed by atoms with Gasteiger partial charge in [-0.05, 0) is 48.4 Å². The molecule has 2 N–H and O–H groups in total. The Labute approximate surface area is 192 Å². The van der Waals surface area contributed by atoms with Crippen LogP contribution in [0.2, 0.25) is 0 Å². The number of nitrogens with zero attached hydrogens (tertiary/aromatic N) is 1. The van der Waals surface area contributed by atoms with E-state index in [-0.39, 0.29) is 18.5 Å². The predicted octanol–water partition coefficient (Wildman–Crippen LogP) is 4.63. The zero-order valence-corrected chi connectivity index (χ0v) is 18.7. The zero-order valence-electron chi connectivity index (χ0n) is 18.7. The average molecular weight is 444 g/mol. The molecule has 7 nitrogen and oxygen atoms in total. The SMILES string of the molecule is CCOC(=O)C1=C(C)N(C)C(=O)NC1c1cccc(NC(=O)c2cccc3ccccc23)c1. The summed E-state index contributed by atoms with van der Waals surface area (Å²) >= 11 is 0. The fraction of sp³-hybridized carbons (Fsp3) is 0.192. The first-order valence-electron chi connectivity index (χ1n) is 10.7. The molecule has 0 radical (unpaired) electrons. The van der Waals surface area contributed by atoms with Gasteiger partial charge >= 0.3 is 12.0 Å². The molecular formula is C26H25N3O4. The van der Waals surface area contributed by atoms with E-state index >= 15 is 0 Å². The molecule has 0 aromatic heterocycles. The first kappa shape index (κ1) is 22.1. The zero-order chi connectivity index (χ0) is 23.5. The summed E-state index contributed by atoms with van der Waals surface area (Å²) in [5.41, 5.74) is 2.66. The summed E-state index contributed by atoms with van der Waals surface area (Å²) in [7, 11) is 1.60. The van der Waals surface area contributed by atoms with E-state index < -0.39 is 12.0 Å². The number of urea groups is 1. The van der Waals surface area contributed by atoms with Crippen molar-refractivity contribution in [3.05, 3.63) is 89.1 Å². The number of rotatable bonds is 5. The number of fused-ring (bicyclic) bond motifs is 1. The molecule has 3 amide bonds. The molecule has 0 bridgehead atoms. The molecule has 0 saturated heterocycles. The molecule has 0 spiro atoms. The van der Waals surface area contributed by atoms with Crippen LogP contribution in [0.4, 0.5) is 10.5 Å². The lowest BCUT2D eigenvalue weighted by atomic mass is 9.94. The summed E-state index contributed by atoms with van der Waals surface area (Å²) in [5.74, 6) is -0.731. The van der Waals surface area contributed by atoms with Gasteiger partial charge in [0.2, 0.25) is 0 Å². The normalized spacial score (nSPS) is 15.9. The van der Waals surface area contributed by atoms with Gasteiger partial charge in [-0.1, -0.05) is 48.5 Å². The van der Waals surface area contributed by atoms with E-state index in [2.05, 4.69) is 10.6 Å². The molecule has 0 fully saturated rings. The Hall–Kier alpha value is -4.13. The number of benzene rings is 3. The van der Waals surface area contributed by atoms with Crippen molar-refractivity contribution < 1.29 is 19.1 Å². The summed E-state index contributed by atoms with van der Waals surface area (Å²) in [5, 5.41) is 7.63. The van der Waals surface area contributed by atoms with Crippen molar-refractivity contribution >= 4 is 34.4 Å². The quantitative estimate of drug-likeness (QED) is 0.563. The van der Waals surface area contributed by atoms with Gasteiger partial charge in [-0.15, -0.1) is 0 Å². The molecular weight excluding hydrogens is 418 g/mol. The maximum atomic E-state index is 13.0. The van der Waals surface area contributed by atoms with Crippen molar-refractivity contribution in [1.82, 2.24) is 10.2 Å². The van der Waals surface area contributed by atoms with Crippen LogP contribution in [0.3, 0.4) is 0 Å². The molecule has 7 heteroatoms. The number of ether oxygens (including phenoxy) is 1. The van der Waals surface area contributed by atoms with Gasteiger partial charge in [-0.2, -0.15) is 0 Å². The standard InChI is InChI=1S/C26H25N3O4/c1-4-33-25(31)22-16(2)29(3)26(32)28-23(22)18-11-7-12-19(15-18)27-24(30)21-14-8-10-17-9-5-6-13-20(17)21/h5-15,23H,4H2,1-3H3,(H,27,30)(H,28,32). The number of amides is 3. The van der Waals surface area contributed by atoms with Crippen molar-refractivity contribution in [1.29, 1.82) is 0 Å². The first-order chi connectivity index (χ1) is 15.9. The van der Waals surface area contributed by atoms with Gasteiger partial charge in [0.05, 0.1) is 18.2 Å². The van der Waals surface area contributed by atoms with Gasteiger partial charge in [-0.25, -0.2) is 9.59 Å². The van der Waals surface area contributed by atoms with E-state index in [1.807, 2.05) is 36.4 Å². The molecule has 0 aliphatic carbocycles. The Balaban J connectivity index is 1.66. The Morgan fingerprint density at radius 3 is 2.58 bits per heavy atom. The first-order valence-corrected chi connectivity index (χ1v) is 10.7. The van der Waals surface area contributed by atoms with E-state index in [4.69, 9.17) is 4.74 Å². The summed E-state index contributed by atoms with van der Waals surface area (Å²) in [6, 6.07) is 19.4. The third-order valence-electron chi connectivity index (χ3n) is 5.76. The molecule has 3 aromatic rings. The minimum atomic E-state index is -0.692. The van der Waals surface area contributed by atoms with Crippen LogP contribution < -0.4 is 10.6 Å². The van der Waals surface area contributed by atoms with E-state index in [0.29, 0.717) is 28.1 Å². The van der Waals surface area contributed by atoms with E-state index in [1.165, 1.54) is 4.90 Å². The van der Waals surface area contributed by atoms with Gasteiger partial charge in [0, 0.05) is 24.0 Å². The second-order valence-electron chi connectivity index (χ2n) is 7.77. The maximum Gasteiger partial charge on any atom is 0.338 e. The topological polar surface area (TPSA) is 87.7 Å². The van der Waals surface area contributed by atoms with Crippen molar-refractivity contribution in [3.8, 4) is 0 Å². The Kier molecular flexibility index (Phi) is 6.13. The van der Waals surface area contributed by atoms with Crippen LogP contribution in [-0.4, -0.2) is 36.5 Å². The van der Waals surface area contributed by atoms with Gasteiger partial charge in [0.15, 0.2) is 0 Å². The molecule has 1 aliphatic rings. The fourth-order valence-corrected chi connectivity index (χ4v) is 3.98. The highest BCUT2D eigenvalue weighted by molar-refractivity contribution is 6.13. The summed E-state index contributed by atoms with van der Waals surface area (Å²) in [6.45, 7) is 3.67. The number of nitrogens with one attached hydrogen (secondary N) is 2. The second-order valence-corrected chi connectivity index (χ2v) is 7.77. The Bertz CT molecular complexity index is 1280. The number of allylic oxidation sites excluding steroid dienone is 1. The van der Waals surface area contributed by atoms with Crippen LogP contribution in [0.1, 0.15) is 35.8 Å². The van der Waals surface area contributed by atoms with Crippen LogP contribution >= 0.6 is 0 Å². The predicted molar refractivity (Wildman–Crippen MR) is 127 cm³/mol. The summed E-state index contributed by atoms with van der Waals surface area (Å²) in [6.07, 6.45) is 0. The van der Waals surface area contributed by atoms with Gasteiger partial charge in [0.1, 0.15) is 0 Å². The van der Waals surface area contributed by atoms with Crippen LogP contribution in [0, 0.1) is 0 Å². The molecule has 1 heterocycles. The monoisotopic (exact) mass is 443 g/mol. The molecule has 33 heavy (non-hydrogen) atoms. The highest BCUT2D eigenvalue weighted by Gasteiger charge is 2.35. The van der Waals surface area contributed by atoms with Crippen molar-refractivity contribution in [2.24, 2.45) is 0 Å². The molecule has 1 unspecified atom stereocenters. The number of hydrogen-bond donors (Lipinski definition) is 2. The molecule has 1 aliphatic heterocycles. The van der Waals surface area contributed by atoms with Gasteiger partial charge in [-0.3, -0.25) is 4.79 Å². The molecule has 1 atom stereocenters. The van der Waals surface area contributed by atoms with Crippen LogP contribution in [0.15, 0.2) is 78.0 Å². The van der Waals surface area contributed by atoms with Crippen LogP contribution in [0.25, 0.3) is 10.8 Å². The van der Waals surface area contributed by atoms with E-state index in [0.717, 1.165) is 10.8 Å². The lowest BCUT2D eigenvalue weighted by molar-refractivity contribution is -0.139. The summed E-state index contributed by atoms with van der Waals surface area (Å²) < 4.78 is 5.24. The van der Waals surface area contributed by atoms with Crippen molar-refractivity contribution in [2.45, 2.75) is 19.9 Å². The van der Waals surface area contributed by atoms with Crippen LogP contribution in [-0.2, 0) is 9.53 Å². The van der Waals surface area contributed by atoms with Crippen molar-refractivity contribution in [3.63, 3.8) is 0 Å². The number of carbonyl (C=O) groups is 3. The van der Waals surface area contributed by atoms with E-state index in [9.17, 15) is 14.4 Å². The van der Waals surface area contributed by atoms with E-state index in [1.54, 1.807) is 51.2 Å². The minimum Gasteiger partial charge on any atom is -0.463 e. The van der Waals surface area contributed by atoms with Gasteiger partial charge in [0.25, 0.3) is 5.91 Å². The second kappa shape index (κ2) is 9.16. The highest BCUT2D eigenvalue weighted by Crippen LogP contribution is 2.32. The fourth-order valence-electron chi connectivity index (χ4n) is 3.98. The molecule has 3 aromatic carbocycles. The number of anilines is 1. The average Bonchev–Trinajstić information content (AvgIpc) is 2.82. The number of esters is 1. The third-order valence-corrected chi connectivity index (χ3v) is 5.76. The largest absolute Gasteiger partial charge is 0.463 e. The third kappa shape index (κ3) is 4.30. The molecule has 168 valence electrons.